The van der Waals surface area contributed by atoms with Crippen LogP contribution in [-0.4, -0.2) is 63.7 Å². The normalized spacial score (nSPS) is 19.9. The summed E-state index contributed by atoms with van der Waals surface area (Å²) in [5.41, 5.74) is 0. The van der Waals surface area contributed by atoms with Gasteiger partial charge in [0, 0.05) is 19.6 Å². The molecule has 0 radical (unpaired) electrons. The van der Waals surface area contributed by atoms with E-state index in [0.717, 1.165) is 45.9 Å². The second-order valence-corrected chi connectivity index (χ2v) is 4.16. The Morgan fingerprint density at radius 3 is 2.62 bits per heavy atom. The van der Waals surface area contributed by atoms with Crippen LogP contribution in [0, 0.1) is 0 Å². The van der Waals surface area contributed by atoms with E-state index in [1.54, 1.807) is 0 Å². The molecule has 1 saturated heterocycles. The smallest absolute Gasteiger partial charge is 0.0704 e. The van der Waals surface area contributed by atoms with Crippen molar-refractivity contribution in [2.45, 2.75) is 26.4 Å². The van der Waals surface area contributed by atoms with Gasteiger partial charge in [0.2, 0.25) is 0 Å². The fourth-order valence-electron chi connectivity index (χ4n) is 1.55. The highest BCUT2D eigenvalue weighted by Gasteiger charge is 2.09. The molecule has 16 heavy (non-hydrogen) atoms. The predicted molar refractivity (Wildman–Crippen MR) is 63.8 cm³/mol. The molecule has 96 valence electrons. The minimum absolute atomic E-state index is 0.350. The fourth-order valence-corrected chi connectivity index (χ4v) is 1.55. The second-order valence-electron chi connectivity index (χ2n) is 4.16. The van der Waals surface area contributed by atoms with Gasteiger partial charge in [0.25, 0.3) is 0 Å². The quantitative estimate of drug-likeness (QED) is 0.586. The van der Waals surface area contributed by atoms with E-state index >= 15 is 0 Å². The van der Waals surface area contributed by atoms with Gasteiger partial charge in [-0.15, -0.1) is 0 Å². The molecule has 1 aliphatic rings. The lowest BCUT2D eigenvalue weighted by molar-refractivity contribution is -0.00641. The zero-order chi connectivity index (χ0) is 11.6. The minimum Gasteiger partial charge on any atom is -0.379 e. The molecule has 1 heterocycles. The molecule has 0 aliphatic carbocycles. The standard InChI is InChI=1S/C12H25NO3/c1-3-12(2)16-11-10-15-9-6-13-4-7-14-8-5-13/h12H,3-11H2,1-2H3. The van der Waals surface area contributed by atoms with Crippen molar-refractivity contribution >= 4 is 0 Å². The van der Waals surface area contributed by atoms with Gasteiger partial charge in [0.1, 0.15) is 0 Å². The molecule has 0 aromatic carbocycles. The summed E-state index contributed by atoms with van der Waals surface area (Å²) >= 11 is 0. The summed E-state index contributed by atoms with van der Waals surface area (Å²) in [5, 5.41) is 0. The number of hydrogen-bond donors (Lipinski definition) is 0. The maximum atomic E-state index is 5.52. The van der Waals surface area contributed by atoms with Gasteiger partial charge in [0.15, 0.2) is 0 Å². The third kappa shape index (κ3) is 6.43. The first-order valence-corrected chi connectivity index (χ1v) is 6.32. The van der Waals surface area contributed by atoms with Gasteiger partial charge in [0.05, 0.1) is 39.1 Å². The highest BCUT2D eigenvalue weighted by Crippen LogP contribution is 1.97. The summed E-state index contributed by atoms with van der Waals surface area (Å²) in [4.78, 5) is 2.37. The number of rotatable bonds is 8. The van der Waals surface area contributed by atoms with Crippen LogP contribution in [0.4, 0.5) is 0 Å². The summed E-state index contributed by atoms with van der Waals surface area (Å²) in [5.74, 6) is 0. The first-order chi connectivity index (χ1) is 7.83. The van der Waals surface area contributed by atoms with E-state index in [2.05, 4.69) is 18.7 Å². The topological polar surface area (TPSA) is 30.9 Å². The van der Waals surface area contributed by atoms with Crippen LogP contribution in [0.2, 0.25) is 0 Å². The maximum Gasteiger partial charge on any atom is 0.0704 e. The Bertz CT molecular complexity index is 160. The molecular formula is C12H25NO3. The van der Waals surface area contributed by atoms with Crippen LogP contribution in [0.3, 0.4) is 0 Å². The average Bonchev–Trinajstić information content (AvgIpc) is 2.34. The molecular weight excluding hydrogens is 206 g/mol. The lowest BCUT2D eigenvalue weighted by Gasteiger charge is -2.26. The lowest BCUT2D eigenvalue weighted by atomic mass is 10.3. The molecule has 4 heteroatoms. The highest BCUT2D eigenvalue weighted by atomic mass is 16.5. The molecule has 1 atom stereocenters. The van der Waals surface area contributed by atoms with Crippen LogP contribution in [-0.2, 0) is 14.2 Å². The molecule has 1 rings (SSSR count). The van der Waals surface area contributed by atoms with Crippen molar-refractivity contribution < 1.29 is 14.2 Å². The van der Waals surface area contributed by atoms with Crippen molar-refractivity contribution in [1.82, 2.24) is 4.90 Å². The van der Waals surface area contributed by atoms with Crippen LogP contribution in [0.15, 0.2) is 0 Å². The molecule has 1 aliphatic heterocycles. The third-order valence-electron chi connectivity index (χ3n) is 2.86. The van der Waals surface area contributed by atoms with Crippen molar-refractivity contribution in [2.24, 2.45) is 0 Å². The van der Waals surface area contributed by atoms with Crippen molar-refractivity contribution in [2.75, 3.05) is 52.7 Å². The zero-order valence-corrected chi connectivity index (χ0v) is 10.6. The van der Waals surface area contributed by atoms with Crippen LogP contribution >= 0.6 is 0 Å². The van der Waals surface area contributed by atoms with E-state index in [-0.39, 0.29) is 0 Å². The SMILES string of the molecule is CCC(C)OCCOCCN1CCOCC1. The van der Waals surface area contributed by atoms with Crippen molar-refractivity contribution in [3.05, 3.63) is 0 Å². The Labute approximate surface area is 98.8 Å². The number of nitrogens with zero attached hydrogens (tertiary/aromatic N) is 1. The monoisotopic (exact) mass is 231 g/mol. The van der Waals surface area contributed by atoms with Gasteiger partial charge in [-0.2, -0.15) is 0 Å². The van der Waals surface area contributed by atoms with Gasteiger partial charge in [-0.05, 0) is 13.3 Å². The van der Waals surface area contributed by atoms with Crippen molar-refractivity contribution in [1.29, 1.82) is 0 Å². The summed E-state index contributed by atoms with van der Waals surface area (Å²) in [6.45, 7) is 11.2. The van der Waals surface area contributed by atoms with Crippen molar-refractivity contribution in [3.63, 3.8) is 0 Å². The Balaban J connectivity index is 1.84. The lowest BCUT2D eigenvalue weighted by Crippen LogP contribution is -2.38. The minimum atomic E-state index is 0.350. The fraction of sp³-hybridized carbons (Fsp3) is 1.00. The highest BCUT2D eigenvalue weighted by molar-refractivity contribution is 4.60. The molecule has 0 N–H and O–H groups in total. The summed E-state index contributed by atoms with van der Waals surface area (Å²) in [6.07, 6.45) is 1.41. The van der Waals surface area contributed by atoms with Crippen LogP contribution < -0.4 is 0 Å². The summed E-state index contributed by atoms with van der Waals surface area (Å²) < 4.78 is 16.3. The number of morpholine rings is 1. The summed E-state index contributed by atoms with van der Waals surface area (Å²) in [7, 11) is 0. The van der Waals surface area contributed by atoms with Gasteiger partial charge in [-0.3, -0.25) is 4.90 Å². The average molecular weight is 231 g/mol. The van der Waals surface area contributed by atoms with E-state index in [4.69, 9.17) is 14.2 Å². The molecule has 0 aromatic rings. The van der Waals surface area contributed by atoms with E-state index in [9.17, 15) is 0 Å². The molecule has 1 unspecified atom stereocenters. The van der Waals surface area contributed by atoms with E-state index < -0.39 is 0 Å². The van der Waals surface area contributed by atoms with Gasteiger partial charge in [-0.25, -0.2) is 0 Å². The Kier molecular flexibility index (Phi) is 7.76. The second kappa shape index (κ2) is 8.93. The van der Waals surface area contributed by atoms with Gasteiger partial charge in [-0.1, -0.05) is 6.92 Å². The third-order valence-corrected chi connectivity index (χ3v) is 2.86. The Morgan fingerprint density at radius 1 is 1.19 bits per heavy atom. The van der Waals surface area contributed by atoms with Gasteiger partial charge < -0.3 is 14.2 Å². The molecule has 0 saturated carbocycles. The zero-order valence-electron chi connectivity index (χ0n) is 10.6. The predicted octanol–water partition coefficient (Wildman–Crippen LogP) is 1.15. The van der Waals surface area contributed by atoms with Crippen molar-refractivity contribution in [3.8, 4) is 0 Å². The largest absolute Gasteiger partial charge is 0.379 e. The molecule has 4 nitrogen and oxygen atoms in total. The molecule has 1 fully saturated rings. The van der Waals surface area contributed by atoms with E-state index in [0.29, 0.717) is 19.3 Å². The molecule has 0 bridgehead atoms. The number of hydrogen-bond acceptors (Lipinski definition) is 4. The first kappa shape index (κ1) is 13.9. The van der Waals surface area contributed by atoms with E-state index in [1.165, 1.54) is 0 Å². The number of ether oxygens (including phenoxy) is 3. The molecule has 0 spiro atoms. The maximum absolute atomic E-state index is 5.52. The van der Waals surface area contributed by atoms with Crippen LogP contribution in [0.25, 0.3) is 0 Å². The molecule has 0 aromatic heterocycles. The van der Waals surface area contributed by atoms with Crippen LogP contribution in [0.1, 0.15) is 20.3 Å². The Hall–Kier alpha value is -0.160. The molecule has 0 amide bonds. The van der Waals surface area contributed by atoms with Gasteiger partial charge >= 0.3 is 0 Å². The van der Waals surface area contributed by atoms with E-state index in [1.807, 2.05) is 0 Å². The van der Waals surface area contributed by atoms with Crippen LogP contribution in [0.5, 0.6) is 0 Å². The first-order valence-electron chi connectivity index (χ1n) is 6.32. The summed E-state index contributed by atoms with van der Waals surface area (Å²) in [6, 6.07) is 0. The Morgan fingerprint density at radius 2 is 1.94 bits per heavy atom.